The van der Waals surface area contributed by atoms with Crippen molar-refractivity contribution in [3.05, 3.63) is 156 Å². The quantitative estimate of drug-likeness (QED) is 0.190. The molecular weight excluding hydrogens is 596 g/mol. The Morgan fingerprint density at radius 1 is 0.458 bits per heavy atom. The van der Waals surface area contributed by atoms with E-state index in [4.69, 9.17) is 19.4 Å². The predicted octanol–water partition coefficient (Wildman–Crippen LogP) is 8.51. The third kappa shape index (κ3) is 4.80. The van der Waals surface area contributed by atoms with Crippen molar-refractivity contribution in [1.29, 1.82) is 0 Å². The molecule has 0 radical (unpaired) electrons. The molecule has 8 nitrogen and oxygen atoms in total. The molecule has 9 aromatic rings. The van der Waals surface area contributed by atoms with Crippen LogP contribution in [-0.4, -0.2) is 29.3 Å². The van der Waals surface area contributed by atoms with Crippen LogP contribution in [0.4, 0.5) is 0 Å². The highest BCUT2D eigenvalue weighted by molar-refractivity contribution is 6.12. The van der Waals surface area contributed by atoms with Crippen molar-refractivity contribution in [2.75, 3.05) is 0 Å². The first-order valence-electron chi connectivity index (χ1n) is 15.5. The van der Waals surface area contributed by atoms with E-state index in [1.54, 1.807) is 6.20 Å². The molecule has 0 saturated heterocycles. The first-order valence-corrected chi connectivity index (χ1v) is 15.5. The second-order valence-electron chi connectivity index (χ2n) is 11.4. The zero-order chi connectivity index (χ0) is 32.0. The van der Waals surface area contributed by atoms with Crippen LogP contribution in [-0.2, 0) is 0 Å². The summed E-state index contributed by atoms with van der Waals surface area (Å²) >= 11 is 0. The number of hydrogen-bond acceptors (Lipinski definition) is 7. The van der Waals surface area contributed by atoms with Gasteiger partial charge in [-0.05, 0) is 41.5 Å². The third-order valence-corrected chi connectivity index (χ3v) is 8.36. The smallest absolute Gasteiger partial charge is 0.355 e. The van der Waals surface area contributed by atoms with Crippen LogP contribution in [0.5, 0.6) is 0 Å². The average molecular weight is 621 g/mol. The monoisotopic (exact) mass is 620 g/mol. The minimum absolute atomic E-state index is 0.392. The van der Waals surface area contributed by atoms with Gasteiger partial charge in [0.2, 0.25) is 0 Å². The molecule has 4 aromatic heterocycles. The lowest BCUT2D eigenvalue weighted by atomic mass is 10.0. The number of furan rings is 1. The molecule has 8 heteroatoms. The molecule has 0 spiro atoms. The molecule has 0 unspecified atom stereocenters. The van der Waals surface area contributed by atoms with Gasteiger partial charge in [0, 0.05) is 39.2 Å². The SMILES string of the molecule is O=c1nc(-c2ccccc2)nc2ccc(-c3ccc4oc5cccc(-c6nc(-c7ccccc7)nc(-c7ccccc7)n6)c5c4c3)cn12. The summed E-state index contributed by atoms with van der Waals surface area (Å²) in [6, 6.07) is 45.1. The van der Waals surface area contributed by atoms with Gasteiger partial charge in [-0.2, -0.15) is 4.98 Å². The molecule has 226 valence electrons. The van der Waals surface area contributed by atoms with Gasteiger partial charge in [-0.25, -0.2) is 24.7 Å². The summed E-state index contributed by atoms with van der Waals surface area (Å²) in [7, 11) is 0. The lowest BCUT2D eigenvalue weighted by Gasteiger charge is -2.09. The zero-order valence-corrected chi connectivity index (χ0v) is 25.4. The highest BCUT2D eigenvalue weighted by Crippen LogP contribution is 2.38. The summed E-state index contributed by atoms with van der Waals surface area (Å²) in [4.78, 5) is 36.8. The van der Waals surface area contributed by atoms with Gasteiger partial charge in [0.05, 0.1) is 0 Å². The predicted molar refractivity (Wildman–Crippen MR) is 187 cm³/mol. The molecule has 4 heterocycles. The van der Waals surface area contributed by atoms with Gasteiger partial charge in [-0.15, -0.1) is 0 Å². The van der Waals surface area contributed by atoms with Gasteiger partial charge in [-0.1, -0.05) is 109 Å². The van der Waals surface area contributed by atoms with Crippen molar-refractivity contribution in [1.82, 2.24) is 29.3 Å². The van der Waals surface area contributed by atoms with Crippen molar-refractivity contribution in [3.63, 3.8) is 0 Å². The number of aromatic nitrogens is 6. The highest BCUT2D eigenvalue weighted by atomic mass is 16.3. The number of pyridine rings is 1. The molecule has 0 fully saturated rings. The molecule has 48 heavy (non-hydrogen) atoms. The van der Waals surface area contributed by atoms with Crippen LogP contribution in [0.3, 0.4) is 0 Å². The summed E-state index contributed by atoms with van der Waals surface area (Å²) in [5, 5.41) is 1.80. The lowest BCUT2D eigenvalue weighted by Crippen LogP contribution is -2.19. The van der Waals surface area contributed by atoms with Crippen LogP contribution in [0, 0.1) is 0 Å². The molecule has 0 aliphatic rings. The standard InChI is InChI=1S/C40H24N6O2/c47-40-45-36(25-11-4-1-5-12-25)41-34-22-20-29(24-46(34)40)28-19-21-32-31(23-28)35-30(17-10-18-33(35)48-32)39-43-37(26-13-6-2-7-14-26)42-38(44-39)27-15-8-3-9-16-27/h1-24H. The van der Waals surface area contributed by atoms with Crippen LogP contribution in [0.15, 0.2) is 155 Å². The Hall–Kier alpha value is -6.80. The van der Waals surface area contributed by atoms with Crippen LogP contribution in [0.1, 0.15) is 0 Å². The largest absolute Gasteiger partial charge is 0.456 e. The Bertz CT molecular complexity index is 2630. The summed E-state index contributed by atoms with van der Waals surface area (Å²) in [5.41, 5.74) is 6.75. The van der Waals surface area contributed by atoms with Crippen molar-refractivity contribution in [3.8, 4) is 56.7 Å². The fraction of sp³-hybridized carbons (Fsp3) is 0. The van der Waals surface area contributed by atoms with E-state index in [9.17, 15) is 4.79 Å². The molecule has 0 aliphatic heterocycles. The summed E-state index contributed by atoms with van der Waals surface area (Å²) < 4.78 is 7.81. The van der Waals surface area contributed by atoms with Gasteiger partial charge in [0.25, 0.3) is 0 Å². The molecule has 0 saturated carbocycles. The molecule has 0 bridgehead atoms. The summed E-state index contributed by atoms with van der Waals surface area (Å²) in [5.74, 6) is 2.12. The van der Waals surface area contributed by atoms with E-state index >= 15 is 0 Å². The van der Waals surface area contributed by atoms with E-state index in [2.05, 4.69) is 16.0 Å². The van der Waals surface area contributed by atoms with E-state index < -0.39 is 5.69 Å². The number of benzene rings is 5. The molecule has 5 aromatic carbocycles. The van der Waals surface area contributed by atoms with Crippen LogP contribution < -0.4 is 5.69 Å². The van der Waals surface area contributed by atoms with E-state index in [1.165, 1.54) is 4.40 Å². The second kappa shape index (κ2) is 11.2. The van der Waals surface area contributed by atoms with Crippen LogP contribution in [0.2, 0.25) is 0 Å². The molecule has 0 amide bonds. The third-order valence-electron chi connectivity index (χ3n) is 8.36. The summed E-state index contributed by atoms with van der Waals surface area (Å²) in [6.07, 6.45) is 1.78. The average Bonchev–Trinajstić information content (AvgIpc) is 3.54. The first kappa shape index (κ1) is 27.5. The Morgan fingerprint density at radius 2 is 1.04 bits per heavy atom. The van der Waals surface area contributed by atoms with E-state index in [0.717, 1.165) is 55.3 Å². The molecule has 0 aliphatic carbocycles. The normalized spacial score (nSPS) is 11.4. The maximum atomic E-state index is 13.1. The molecular formula is C40H24N6O2. The molecule has 0 N–H and O–H groups in total. The van der Waals surface area contributed by atoms with Gasteiger partial charge >= 0.3 is 5.69 Å². The minimum Gasteiger partial charge on any atom is -0.456 e. The zero-order valence-electron chi connectivity index (χ0n) is 25.4. The van der Waals surface area contributed by atoms with Gasteiger partial charge in [0.15, 0.2) is 23.3 Å². The van der Waals surface area contributed by atoms with Crippen molar-refractivity contribution in [2.45, 2.75) is 0 Å². The fourth-order valence-electron chi connectivity index (χ4n) is 6.02. The Balaban J connectivity index is 1.20. The highest BCUT2D eigenvalue weighted by Gasteiger charge is 2.18. The van der Waals surface area contributed by atoms with E-state index in [1.807, 2.05) is 133 Å². The second-order valence-corrected chi connectivity index (χ2v) is 11.4. The number of fused-ring (bicyclic) bond motifs is 4. The van der Waals surface area contributed by atoms with Gasteiger partial charge < -0.3 is 4.42 Å². The minimum atomic E-state index is -0.392. The van der Waals surface area contributed by atoms with E-state index in [-0.39, 0.29) is 0 Å². The molecule has 9 rings (SSSR count). The van der Waals surface area contributed by atoms with Crippen molar-refractivity contribution < 1.29 is 4.42 Å². The van der Waals surface area contributed by atoms with Crippen LogP contribution in [0.25, 0.3) is 84.3 Å². The topological polar surface area (TPSA) is 99.1 Å². The van der Waals surface area contributed by atoms with Crippen molar-refractivity contribution >= 4 is 27.6 Å². The van der Waals surface area contributed by atoms with Gasteiger partial charge in [0.1, 0.15) is 16.8 Å². The van der Waals surface area contributed by atoms with E-state index in [0.29, 0.717) is 28.9 Å². The molecule has 0 atom stereocenters. The summed E-state index contributed by atoms with van der Waals surface area (Å²) in [6.45, 7) is 0. The van der Waals surface area contributed by atoms with Crippen LogP contribution >= 0.6 is 0 Å². The number of rotatable bonds is 5. The number of hydrogen-bond donors (Lipinski definition) is 0. The Labute approximate surface area is 273 Å². The number of nitrogens with zero attached hydrogens (tertiary/aromatic N) is 6. The lowest BCUT2D eigenvalue weighted by molar-refractivity contribution is 0.669. The Morgan fingerprint density at radius 3 is 1.69 bits per heavy atom. The maximum Gasteiger partial charge on any atom is 0.355 e. The Kier molecular flexibility index (Phi) is 6.43. The maximum absolute atomic E-state index is 13.1. The first-order chi connectivity index (χ1) is 23.7. The van der Waals surface area contributed by atoms with Gasteiger partial charge in [-0.3, -0.25) is 4.40 Å². The van der Waals surface area contributed by atoms with Crippen molar-refractivity contribution in [2.24, 2.45) is 0 Å². The fourth-order valence-corrected chi connectivity index (χ4v) is 6.02.